The Hall–Kier alpha value is -3.17. The Kier molecular flexibility index (Phi) is 4.27. The summed E-state index contributed by atoms with van der Waals surface area (Å²) in [5.41, 5.74) is 2.35. The first kappa shape index (κ1) is 15.7. The summed E-state index contributed by atoms with van der Waals surface area (Å²) < 4.78 is 0. The van der Waals surface area contributed by atoms with Crippen LogP contribution in [0, 0.1) is 18.3 Å². The lowest BCUT2D eigenvalue weighted by Crippen LogP contribution is -2.14. The van der Waals surface area contributed by atoms with E-state index in [0.29, 0.717) is 27.7 Å². The summed E-state index contributed by atoms with van der Waals surface area (Å²) in [6.45, 7) is 1.70. The van der Waals surface area contributed by atoms with Crippen molar-refractivity contribution in [1.29, 1.82) is 5.26 Å². The topological polar surface area (TPSA) is 83.6 Å². The number of aryl methyl sites for hydroxylation is 1. The number of amides is 1. The Labute approximate surface area is 143 Å². The number of hydrogen-bond acceptors (Lipinski definition) is 4. The summed E-state index contributed by atoms with van der Waals surface area (Å²) >= 11 is 5.97. The third kappa shape index (κ3) is 3.26. The Morgan fingerprint density at radius 1 is 1.21 bits per heavy atom. The van der Waals surface area contributed by atoms with Gasteiger partial charge >= 0.3 is 0 Å². The Morgan fingerprint density at radius 2 is 2.00 bits per heavy atom. The lowest BCUT2D eigenvalue weighted by Gasteiger charge is -2.03. The normalized spacial score (nSPS) is 10.2. The molecule has 3 rings (SSSR count). The molecule has 7 heteroatoms. The van der Waals surface area contributed by atoms with Gasteiger partial charge in [0.15, 0.2) is 5.69 Å². The monoisotopic (exact) mass is 337 g/mol. The molecule has 0 fully saturated rings. The van der Waals surface area contributed by atoms with Crippen LogP contribution < -0.4 is 5.32 Å². The van der Waals surface area contributed by atoms with Gasteiger partial charge < -0.3 is 5.32 Å². The first-order valence-corrected chi connectivity index (χ1v) is 7.46. The van der Waals surface area contributed by atoms with Crippen LogP contribution in [0.3, 0.4) is 0 Å². The van der Waals surface area contributed by atoms with Crippen LogP contribution in [0.4, 0.5) is 5.69 Å². The van der Waals surface area contributed by atoms with Crippen molar-refractivity contribution in [3.63, 3.8) is 0 Å². The van der Waals surface area contributed by atoms with Crippen LogP contribution in [0.25, 0.3) is 5.69 Å². The van der Waals surface area contributed by atoms with E-state index in [0.717, 1.165) is 0 Å². The number of carbonyl (C=O) groups is 1. The third-order valence-corrected chi connectivity index (χ3v) is 3.52. The molecule has 0 radical (unpaired) electrons. The minimum Gasteiger partial charge on any atom is -0.320 e. The highest BCUT2D eigenvalue weighted by atomic mass is 35.5. The molecular weight excluding hydrogens is 326 g/mol. The molecule has 1 aromatic heterocycles. The lowest BCUT2D eigenvalue weighted by molar-refractivity contribution is 0.102. The van der Waals surface area contributed by atoms with Gasteiger partial charge in [-0.2, -0.15) is 15.2 Å². The fourth-order valence-electron chi connectivity index (χ4n) is 2.16. The molecule has 0 spiro atoms. The summed E-state index contributed by atoms with van der Waals surface area (Å²) in [5.74, 6) is -0.393. The second-order valence-corrected chi connectivity index (χ2v) is 5.49. The molecular formula is C17H12ClN5O. The zero-order valence-corrected chi connectivity index (χ0v) is 13.4. The van der Waals surface area contributed by atoms with Gasteiger partial charge in [0, 0.05) is 10.7 Å². The molecule has 0 bridgehead atoms. The van der Waals surface area contributed by atoms with Crippen LogP contribution in [0.2, 0.25) is 5.02 Å². The van der Waals surface area contributed by atoms with E-state index in [-0.39, 0.29) is 5.69 Å². The van der Waals surface area contributed by atoms with E-state index in [9.17, 15) is 4.79 Å². The SMILES string of the molecule is Cc1nn(-c2cccc(Cl)c2)nc1C(=O)Nc1cccc(C#N)c1. The number of nitrogens with zero attached hydrogens (tertiary/aromatic N) is 4. The van der Waals surface area contributed by atoms with Crippen molar-refractivity contribution in [3.8, 4) is 11.8 Å². The van der Waals surface area contributed by atoms with Gasteiger partial charge in [-0.15, -0.1) is 5.10 Å². The van der Waals surface area contributed by atoms with E-state index in [1.165, 1.54) is 4.80 Å². The lowest BCUT2D eigenvalue weighted by atomic mass is 10.2. The number of halogens is 1. The summed E-state index contributed by atoms with van der Waals surface area (Å²) in [6, 6.07) is 15.7. The van der Waals surface area contributed by atoms with Crippen molar-refractivity contribution in [2.75, 3.05) is 5.32 Å². The number of carbonyl (C=O) groups excluding carboxylic acids is 1. The first-order valence-electron chi connectivity index (χ1n) is 7.08. The van der Waals surface area contributed by atoms with Gasteiger partial charge in [0.1, 0.15) is 0 Å². The number of aromatic nitrogens is 3. The largest absolute Gasteiger partial charge is 0.320 e. The molecule has 0 saturated carbocycles. The molecule has 0 saturated heterocycles. The molecule has 1 heterocycles. The van der Waals surface area contributed by atoms with Gasteiger partial charge in [-0.3, -0.25) is 4.79 Å². The molecule has 0 aliphatic carbocycles. The van der Waals surface area contributed by atoms with Gasteiger partial charge in [-0.1, -0.05) is 23.7 Å². The summed E-state index contributed by atoms with van der Waals surface area (Å²) in [4.78, 5) is 13.8. The molecule has 1 N–H and O–H groups in total. The van der Waals surface area contributed by atoms with Crippen LogP contribution in [-0.4, -0.2) is 20.9 Å². The first-order chi connectivity index (χ1) is 11.6. The predicted octanol–water partition coefficient (Wildman–Crippen LogP) is 3.35. The molecule has 0 unspecified atom stereocenters. The van der Waals surface area contributed by atoms with Crippen LogP contribution in [-0.2, 0) is 0 Å². The van der Waals surface area contributed by atoms with Crippen molar-refractivity contribution >= 4 is 23.2 Å². The number of anilines is 1. The number of hydrogen-bond donors (Lipinski definition) is 1. The second-order valence-electron chi connectivity index (χ2n) is 5.05. The quantitative estimate of drug-likeness (QED) is 0.794. The molecule has 118 valence electrons. The molecule has 3 aromatic rings. The van der Waals surface area contributed by atoms with Gasteiger partial charge in [0.05, 0.1) is 23.0 Å². The molecule has 24 heavy (non-hydrogen) atoms. The van der Waals surface area contributed by atoms with Crippen molar-refractivity contribution in [2.24, 2.45) is 0 Å². The van der Waals surface area contributed by atoms with Crippen molar-refractivity contribution in [1.82, 2.24) is 15.0 Å². The number of benzene rings is 2. The van der Waals surface area contributed by atoms with Crippen molar-refractivity contribution < 1.29 is 4.79 Å². The molecule has 6 nitrogen and oxygen atoms in total. The Morgan fingerprint density at radius 3 is 2.75 bits per heavy atom. The van der Waals surface area contributed by atoms with Crippen LogP contribution in [0.15, 0.2) is 48.5 Å². The van der Waals surface area contributed by atoms with Crippen LogP contribution in [0.5, 0.6) is 0 Å². The van der Waals surface area contributed by atoms with Gasteiger partial charge in [0.2, 0.25) is 0 Å². The van der Waals surface area contributed by atoms with Gasteiger partial charge in [-0.05, 0) is 43.3 Å². The van der Waals surface area contributed by atoms with E-state index >= 15 is 0 Å². The highest BCUT2D eigenvalue weighted by molar-refractivity contribution is 6.30. The van der Waals surface area contributed by atoms with E-state index in [2.05, 4.69) is 15.5 Å². The Balaban J connectivity index is 1.87. The molecule has 0 atom stereocenters. The van der Waals surface area contributed by atoms with Crippen molar-refractivity contribution in [3.05, 3.63) is 70.5 Å². The fraction of sp³-hybridized carbons (Fsp3) is 0.0588. The van der Waals surface area contributed by atoms with E-state index in [1.807, 2.05) is 6.07 Å². The number of nitrogens with one attached hydrogen (secondary N) is 1. The smallest absolute Gasteiger partial charge is 0.278 e. The summed E-state index contributed by atoms with van der Waals surface area (Å²) in [6.07, 6.45) is 0. The van der Waals surface area contributed by atoms with Gasteiger partial charge in [-0.25, -0.2) is 0 Å². The number of nitriles is 1. The molecule has 2 aromatic carbocycles. The highest BCUT2D eigenvalue weighted by Crippen LogP contribution is 2.16. The van der Waals surface area contributed by atoms with Gasteiger partial charge in [0.25, 0.3) is 5.91 Å². The minimum atomic E-state index is -0.393. The van der Waals surface area contributed by atoms with Crippen LogP contribution in [0.1, 0.15) is 21.7 Å². The second kappa shape index (κ2) is 6.52. The zero-order valence-electron chi connectivity index (χ0n) is 12.7. The fourth-order valence-corrected chi connectivity index (χ4v) is 2.35. The van der Waals surface area contributed by atoms with E-state index < -0.39 is 5.91 Å². The molecule has 1 amide bonds. The summed E-state index contributed by atoms with van der Waals surface area (Å²) in [5, 5.41) is 20.7. The standard InChI is InChI=1S/C17H12ClN5O/c1-11-16(17(24)20-14-6-2-4-12(8-14)10-19)22-23(21-11)15-7-3-5-13(18)9-15/h2-9H,1H3,(H,20,24). The summed E-state index contributed by atoms with van der Waals surface area (Å²) in [7, 11) is 0. The minimum absolute atomic E-state index is 0.206. The molecule has 0 aliphatic heterocycles. The van der Waals surface area contributed by atoms with Crippen molar-refractivity contribution in [2.45, 2.75) is 6.92 Å². The van der Waals surface area contributed by atoms with Crippen LogP contribution >= 0.6 is 11.6 Å². The van der Waals surface area contributed by atoms with E-state index in [4.69, 9.17) is 16.9 Å². The maximum Gasteiger partial charge on any atom is 0.278 e. The third-order valence-electron chi connectivity index (χ3n) is 3.29. The maximum absolute atomic E-state index is 12.4. The highest BCUT2D eigenvalue weighted by Gasteiger charge is 2.16. The average molecular weight is 338 g/mol. The zero-order chi connectivity index (χ0) is 17.1. The molecule has 0 aliphatic rings. The van der Waals surface area contributed by atoms with E-state index in [1.54, 1.807) is 55.5 Å². The number of rotatable bonds is 3. The Bertz CT molecular complexity index is 958. The average Bonchev–Trinajstić information content (AvgIpc) is 2.97. The maximum atomic E-state index is 12.4. The predicted molar refractivity (Wildman–Crippen MR) is 90.2 cm³/mol.